The van der Waals surface area contributed by atoms with Crippen molar-refractivity contribution >= 4 is 5.97 Å². The Hall–Kier alpha value is -1.69. The number of carboxylic acids is 1. The highest BCUT2D eigenvalue weighted by Gasteiger charge is 2.13. The number of aliphatic carboxylic acids is 1. The van der Waals surface area contributed by atoms with Crippen LogP contribution in [0.5, 0.6) is 0 Å². The van der Waals surface area contributed by atoms with Crippen molar-refractivity contribution in [1.29, 1.82) is 0 Å². The minimum atomic E-state index is -0.926. The molecule has 0 radical (unpaired) electrons. The Balaban J connectivity index is 3.10. The van der Waals surface area contributed by atoms with Gasteiger partial charge in [-0.3, -0.25) is 9.36 Å². The van der Waals surface area contributed by atoms with Crippen LogP contribution in [0.3, 0.4) is 0 Å². The molecule has 0 saturated carbocycles. The lowest BCUT2D eigenvalue weighted by molar-refractivity contribution is -0.136. The molecule has 0 bridgehead atoms. The summed E-state index contributed by atoms with van der Waals surface area (Å²) in [5.41, 5.74) is 1.43. The molecule has 0 aliphatic carbocycles. The zero-order chi connectivity index (χ0) is 13.7. The zero-order valence-corrected chi connectivity index (χ0v) is 10.9. The van der Waals surface area contributed by atoms with Gasteiger partial charge in [-0.25, -0.2) is 4.79 Å². The Morgan fingerprint density at radius 1 is 1.44 bits per heavy atom. The maximum absolute atomic E-state index is 11.8. The third-order valence-electron chi connectivity index (χ3n) is 2.83. The van der Waals surface area contributed by atoms with Crippen LogP contribution in [0, 0.1) is 13.8 Å². The predicted molar refractivity (Wildman–Crippen MR) is 65.8 cm³/mol. The number of hydrogen-bond acceptors (Lipinski definition) is 4. The van der Waals surface area contributed by atoms with Crippen molar-refractivity contribution in [2.24, 2.45) is 0 Å². The van der Waals surface area contributed by atoms with Crippen molar-refractivity contribution in [3.05, 3.63) is 27.4 Å². The van der Waals surface area contributed by atoms with Gasteiger partial charge in [0.15, 0.2) is 0 Å². The number of carboxylic acid groups (broad SMARTS) is 1. The van der Waals surface area contributed by atoms with Crippen LogP contribution in [-0.4, -0.2) is 34.3 Å². The molecule has 0 aliphatic heterocycles. The second-order valence-electron chi connectivity index (χ2n) is 4.11. The fourth-order valence-electron chi connectivity index (χ4n) is 1.88. The van der Waals surface area contributed by atoms with Crippen molar-refractivity contribution in [3.63, 3.8) is 0 Å². The van der Waals surface area contributed by atoms with E-state index in [0.717, 1.165) is 0 Å². The zero-order valence-electron chi connectivity index (χ0n) is 10.9. The van der Waals surface area contributed by atoms with Crippen LogP contribution in [0.25, 0.3) is 0 Å². The summed E-state index contributed by atoms with van der Waals surface area (Å²) in [6, 6.07) is 0. The molecule has 0 fully saturated rings. The summed E-state index contributed by atoms with van der Waals surface area (Å²) < 4.78 is 6.44. The molecular formula is C12H18N2O4. The highest BCUT2D eigenvalue weighted by molar-refractivity contribution is 5.70. The Kier molecular flexibility index (Phi) is 5.03. The van der Waals surface area contributed by atoms with Gasteiger partial charge in [-0.15, -0.1) is 0 Å². The van der Waals surface area contributed by atoms with E-state index in [0.29, 0.717) is 36.5 Å². The van der Waals surface area contributed by atoms with Crippen LogP contribution in [-0.2, 0) is 22.5 Å². The Morgan fingerprint density at radius 2 is 2.11 bits per heavy atom. The van der Waals surface area contributed by atoms with E-state index in [1.807, 2.05) is 0 Å². The summed E-state index contributed by atoms with van der Waals surface area (Å²) in [4.78, 5) is 26.4. The number of rotatable bonds is 6. The van der Waals surface area contributed by atoms with Crippen molar-refractivity contribution in [2.45, 2.75) is 33.2 Å². The third-order valence-corrected chi connectivity index (χ3v) is 2.83. The van der Waals surface area contributed by atoms with Gasteiger partial charge in [0, 0.05) is 37.2 Å². The lowest BCUT2D eigenvalue weighted by atomic mass is 10.1. The van der Waals surface area contributed by atoms with Crippen LogP contribution < -0.4 is 5.69 Å². The van der Waals surface area contributed by atoms with E-state index in [4.69, 9.17) is 9.84 Å². The summed E-state index contributed by atoms with van der Waals surface area (Å²) in [7, 11) is 1.60. The number of carbonyl (C=O) groups is 1. The Bertz CT molecular complexity index is 494. The summed E-state index contributed by atoms with van der Waals surface area (Å²) in [6.45, 7) is 4.44. The molecule has 0 spiro atoms. The fraction of sp³-hybridized carbons (Fsp3) is 0.583. The molecule has 0 unspecified atom stereocenters. The van der Waals surface area contributed by atoms with Crippen LogP contribution in [0.15, 0.2) is 4.79 Å². The number of aryl methyl sites for hydroxylation is 1. The van der Waals surface area contributed by atoms with Crippen LogP contribution in [0.2, 0.25) is 0 Å². The van der Waals surface area contributed by atoms with Gasteiger partial charge in [0.25, 0.3) is 0 Å². The molecule has 0 aromatic carbocycles. The summed E-state index contributed by atoms with van der Waals surface area (Å²) in [5.74, 6) is -0.926. The minimum absolute atomic E-state index is 0.116. The minimum Gasteiger partial charge on any atom is -0.481 e. The van der Waals surface area contributed by atoms with Gasteiger partial charge in [-0.1, -0.05) is 0 Å². The molecule has 18 heavy (non-hydrogen) atoms. The molecule has 1 N–H and O–H groups in total. The molecule has 1 aromatic heterocycles. The summed E-state index contributed by atoms with van der Waals surface area (Å²) in [6.07, 6.45) is 0.573. The van der Waals surface area contributed by atoms with Gasteiger partial charge in [0.2, 0.25) is 0 Å². The fourth-order valence-corrected chi connectivity index (χ4v) is 1.88. The van der Waals surface area contributed by atoms with E-state index >= 15 is 0 Å². The average Bonchev–Trinajstić information content (AvgIpc) is 2.28. The first-order valence-electron chi connectivity index (χ1n) is 5.75. The van der Waals surface area contributed by atoms with Crippen molar-refractivity contribution in [2.75, 3.05) is 13.7 Å². The van der Waals surface area contributed by atoms with E-state index in [2.05, 4.69) is 4.98 Å². The number of ether oxygens (including phenoxy) is 1. The normalized spacial score (nSPS) is 10.6. The number of hydrogen-bond donors (Lipinski definition) is 1. The van der Waals surface area contributed by atoms with Crippen LogP contribution >= 0.6 is 0 Å². The lowest BCUT2D eigenvalue weighted by Gasteiger charge is -2.14. The van der Waals surface area contributed by atoms with E-state index in [-0.39, 0.29) is 12.1 Å². The first-order chi connectivity index (χ1) is 8.47. The maximum Gasteiger partial charge on any atom is 0.347 e. The molecule has 1 heterocycles. The monoisotopic (exact) mass is 254 g/mol. The van der Waals surface area contributed by atoms with Gasteiger partial charge in [-0.2, -0.15) is 4.98 Å². The second kappa shape index (κ2) is 6.30. The standard InChI is InChI=1S/C12H18N2O4/c1-8-10(7-11(15)16)9(2)14(12(17)13-8)5-4-6-18-3/h4-7H2,1-3H3,(H,15,16). The highest BCUT2D eigenvalue weighted by Crippen LogP contribution is 2.10. The van der Waals surface area contributed by atoms with Crippen molar-refractivity contribution < 1.29 is 14.6 Å². The number of aromatic nitrogens is 2. The smallest absolute Gasteiger partial charge is 0.347 e. The molecule has 0 aliphatic rings. The van der Waals surface area contributed by atoms with Crippen molar-refractivity contribution in [1.82, 2.24) is 9.55 Å². The predicted octanol–water partition coefficient (Wildman–Crippen LogP) is 0.524. The van der Waals surface area contributed by atoms with Gasteiger partial charge >= 0.3 is 11.7 Å². The van der Waals surface area contributed by atoms with Gasteiger partial charge in [-0.05, 0) is 20.3 Å². The Morgan fingerprint density at radius 3 is 2.67 bits per heavy atom. The summed E-state index contributed by atoms with van der Waals surface area (Å²) in [5, 5.41) is 8.85. The van der Waals surface area contributed by atoms with Gasteiger partial charge < -0.3 is 9.84 Å². The first kappa shape index (κ1) is 14.4. The molecule has 6 nitrogen and oxygen atoms in total. The molecule has 1 aromatic rings. The van der Waals surface area contributed by atoms with E-state index in [1.54, 1.807) is 21.0 Å². The van der Waals surface area contributed by atoms with Gasteiger partial charge in [0.1, 0.15) is 0 Å². The summed E-state index contributed by atoms with van der Waals surface area (Å²) >= 11 is 0. The van der Waals surface area contributed by atoms with E-state index in [9.17, 15) is 9.59 Å². The SMILES string of the molecule is COCCCn1c(C)c(CC(=O)O)c(C)nc1=O. The largest absolute Gasteiger partial charge is 0.481 e. The molecular weight excluding hydrogens is 236 g/mol. The topological polar surface area (TPSA) is 81.4 Å². The highest BCUT2D eigenvalue weighted by atomic mass is 16.5. The molecule has 0 atom stereocenters. The Labute approximate surface area is 105 Å². The number of methoxy groups -OCH3 is 1. The molecule has 1 rings (SSSR count). The van der Waals surface area contributed by atoms with Crippen LogP contribution in [0.4, 0.5) is 0 Å². The second-order valence-corrected chi connectivity index (χ2v) is 4.11. The first-order valence-corrected chi connectivity index (χ1v) is 5.75. The quantitative estimate of drug-likeness (QED) is 0.749. The van der Waals surface area contributed by atoms with Crippen molar-refractivity contribution in [3.8, 4) is 0 Å². The molecule has 6 heteroatoms. The number of nitrogens with zero attached hydrogens (tertiary/aromatic N) is 2. The van der Waals surface area contributed by atoms with Crippen LogP contribution in [0.1, 0.15) is 23.4 Å². The molecule has 100 valence electrons. The van der Waals surface area contributed by atoms with E-state index in [1.165, 1.54) is 4.57 Å². The molecule has 0 saturated heterocycles. The van der Waals surface area contributed by atoms with E-state index < -0.39 is 5.97 Å². The third kappa shape index (κ3) is 3.40. The lowest BCUT2D eigenvalue weighted by Crippen LogP contribution is -2.29. The molecule has 0 amide bonds. The average molecular weight is 254 g/mol. The van der Waals surface area contributed by atoms with Gasteiger partial charge in [0.05, 0.1) is 6.42 Å². The maximum atomic E-state index is 11.8.